The third kappa shape index (κ3) is 11.1. The van der Waals surface area contributed by atoms with E-state index in [0.717, 1.165) is 28.7 Å². The van der Waals surface area contributed by atoms with E-state index in [1.807, 2.05) is 13.8 Å². The molecule has 0 radical (unpaired) electrons. The SMILES string of the molecule is Cc1cc(O)cc(C)c1C[C@H](C(=O)N[C@@H](CCCCN)c1nc(Cc2ccc(C(C)(C)C)cc2)no1)C(CCCN=C(N)N)C(N)=O. The summed E-state index contributed by atoms with van der Waals surface area (Å²) >= 11 is 0. The van der Waals surface area contributed by atoms with Gasteiger partial charge in [0.25, 0.3) is 0 Å². The van der Waals surface area contributed by atoms with Crippen LogP contribution in [0, 0.1) is 25.7 Å². The Balaban J connectivity index is 1.90. The highest BCUT2D eigenvalue weighted by Crippen LogP contribution is 2.30. The first-order valence-electron chi connectivity index (χ1n) is 16.3. The highest BCUT2D eigenvalue weighted by atomic mass is 16.5. The van der Waals surface area contributed by atoms with Gasteiger partial charge in [0.1, 0.15) is 11.8 Å². The molecule has 12 nitrogen and oxygen atoms in total. The zero-order valence-corrected chi connectivity index (χ0v) is 28.4. The third-order valence-electron chi connectivity index (χ3n) is 8.49. The number of hydrogen-bond donors (Lipinski definition) is 6. The third-order valence-corrected chi connectivity index (χ3v) is 8.49. The molecule has 0 saturated heterocycles. The monoisotopic (exact) mass is 648 g/mol. The van der Waals surface area contributed by atoms with Crippen LogP contribution in [0.25, 0.3) is 0 Å². The second-order valence-electron chi connectivity index (χ2n) is 13.3. The van der Waals surface area contributed by atoms with E-state index in [1.165, 1.54) is 5.56 Å². The lowest BCUT2D eigenvalue weighted by atomic mass is 9.80. The van der Waals surface area contributed by atoms with Crippen molar-refractivity contribution in [2.45, 2.75) is 91.0 Å². The molecule has 3 atom stereocenters. The number of carbonyl (C=O) groups excluding carboxylic acids is 2. The molecule has 0 fully saturated rings. The minimum atomic E-state index is -0.825. The van der Waals surface area contributed by atoms with Gasteiger partial charge in [0, 0.05) is 18.9 Å². The van der Waals surface area contributed by atoms with E-state index in [-0.39, 0.29) is 35.3 Å². The van der Waals surface area contributed by atoms with Crippen molar-refractivity contribution in [3.63, 3.8) is 0 Å². The number of nitrogens with one attached hydrogen (secondary N) is 1. The molecule has 1 aromatic heterocycles. The van der Waals surface area contributed by atoms with E-state index in [9.17, 15) is 14.7 Å². The van der Waals surface area contributed by atoms with E-state index in [1.54, 1.807) is 12.1 Å². The summed E-state index contributed by atoms with van der Waals surface area (Å²) < 4.78 is 5.70. The average Bonchev–Trinajstić information content (AvgIpc) is 3.44. The lowest BCUT2D eigenvalue weighted by molar-refractivity contribution is -0.134. The zero-order valence-electron chi connectivity index (χ0n) is 28.4. The Morgan fingerprint density at radius 1 is 0.979 bits per heavy atom. The van der Waals surface area contributed by atoms with Crippen molar-refractivity contribution in [3.8, 4) is 5.75 Å². The van der Waals surface area contributed by atoms with E-state index in [0.29, 0.717) is 51.0 Å². The normalized spacial score (nSPS) is 13.5. The predicted molar refractivity (Wildman–Crippen MR) is 183 cm³/mol. The number of guanidine groups is 1. The van der Waals surface area contributed by atoms with Crippen LogP contribution in [0.2, 0.25) is 0 Å². The number of unbranched alkanes of at least 4 members (excludes halogenated alkanes) is 1. The fourth-order valence-corrected chi connectivity index (χ4v) is 5.81. The first-order chi connectivity index (χ1) is 22.2. The predicted octanol–water partition coefficient (Wildman–Crippen LogP) is 3.58. The van der Waals surface area contributed by atoms with Gasteiger partial charge in [-0.15, -0.1) is 0 Å². The number of aromatic hydroxyl groups is 1. The van der Waals surface area contributed by atoms with Gasteiger partial charge in [0.05, 0.1) is 5.92 Å². The molecule has 2 aromatic carbocycles. The van der Waals surface area contributed by atoms with Crippen LogP contribution >= 0.6 is 0 Å². The van der Waals surface area contributed by atoms with Crippen molar-refractivity contribution < 1.29 is 19.2 Å². The first kappa shape index (κ1) is 37.0. The maximum Gasteiger partial charge on any atom is 0.249 e. The van der Waals surface area contributed by atoms with Crippen LogP contribution in [-0.4, -0.2) is 46.1 Å². The molecular formula is C35H52N8O4. The Morgan fingerprint density at radius 2 is 1.64 bits per heavy atom. The summed E-state index contributed by atoms with van der Waals surface area (Å²) in [7, 11) is 0. The van der Waals surface area contributed by atoms with Crippen LogP contribution < -0.4 is 28.3 Å². The maximum absolute atomic E-state index is 14.2. The second-order valence-corrected chi connectivity index (χ2v) is 13.3. The number of aromatic nitrogens is 2. The Morgan fingerprint density at radius 3 is 2.21 bits per heavy atom. The number of benzene rings is 2. The van der Waals surface area contributed by atoms with Gasteiger partial charge in [-0.1, -0.05) is 50.2 Å². The zero-order chi connectivity index (χ0) is 34.7. The molecule has 12 heteroatoms. The number of carbonyl (C=O) groups is 2. The lowest BCUT2D eigenvalue weighted by Crippen LogP contribution is -2.43. The lowest BCUT2D eigenvalue weighted by Gasteiger charge is -2.27. The van der Waals surface area contributed by atoms with Gasteiger partial charge < -0.3 is 37.9 Å². The topological polar surface area (TPSA) is 222 Å². The molecule has 0 aliphatic rings. The van der Waals surface area contributed by atoms with E-state index in [2.05, 4.69) is 65.5 Å². The van der Waals surface area contributed by atoms with Crippen LogP contribution in [0.3, 0.4) is 0 Å². The Labute approximate surface area is 277 Å². The fourth-order valence-electron chi connectivity index (χ4n) is 5.81. The van der Waals surface area contributed by atoms with Crippen LogP contribution in [0.15, 0.2) is 45.9 Å². The number of aryl methyl sites for hydroxylation is 2. The summed E-state index contributed by atoms with van der Waals surface area (Å²) in [5, 5.41) is 17.4. The van der Waals surface area contributed by atoms with Crippen LogP contribution in [0.4, 0.5) is 0 Å². The number of amides is 2. The molecule has 1 unspecified atom stereocenters. The fraction of sp³-hybridized carbons (Fsp3) is 0.514. The summed E-state index contributed by atoms with van der Waals surface area (Å²) in [6, 6.07) is 11.0. The largest absolute Gasteiger partial charge is 0.508 e. The minimum absolute atomic E-state index is 0.0459. The van der Waals surface area contributed by atoms with Crippen molar-refractivity contribution >= 4 is 17.8 Å². The summed E-state index contributed by atoms with van der Waals surface area (Å²) in [4.78, 5) is 35.7. The number of rotatable bonds is 17. The molecule has 1 heterocycles. The molecule has 3 aromatic rings. The molecule has 0 spiro atoms. The summed E-state index contributed by atoms with van der Waals surface area (Å²) in [5.41, 5.74) is 27.4. The van der Waals surface area contributed by atoms with E-state index in [4.69, 9.17) is 27.5 Å². The van der Waals surface area contributed by atoms with Crippen LogP contribution in [0.5, 0.6) is 5.75 Å². The highest BCUT2D eigenvalue weighted by molar-refractivity contribution is 5.87. The number of aliphatic imine (C=N–C) groups is 1. The molecular weight excluding hydrogens is 596 g/mol. The molecule has 0 bridgehead atoms. The first-order valence-corrected chi connectivity index (χ1v) is 16.3. The van der Waals surface area contributed by atoms with E-state index >= 15 is 0 Å². The number of primary amides is 1. The quantitative estimate of drug-likeness (QED) is 0.0714. The molecule has 10 N–H and O–H groups in total. The highest BCUT2D eigenvalue weighted by Gasteiger charge is 2.35. The van der Waals surface area contributed by atoms with Crippen molar-refractivity contribution in [2.24, 2.45) is 39.8 Å². The van der Waals surface area contributed by atoms with Gasteiger partial charge >= 0.3 is 0 Å². The van der Waals surface area contributed by atoms with Crippen LogP contribution in [0.1, 0.15) is 98.4 Å². The summed E-state index contributed by atoms with van der Waals surface area (Å²) in [6.07, 6.45) is 3.43. The van der Waals surface area contributed by atoms with Gasteiger partial charge in [0.2, 0.25) is 17.7 Å². The van der Waals surface area contributed by atoms with Gasteiger partial charge in [-0.05, 0) is 104 Å². The molecule has 3 rings (SSSR count). The van der Waals surface area contributed by atoms with Gasteiger partial charge in [0.15, 0.2) is 11.8 Å². The van der Waals surface area contributed by atoms with Gasteiger partial charge in [-0.3, -0.25) is 14.6 Å². The Kier molecular flexibility index (Phi) is 13.3. The Hall–Kier alpha value is -4.45. The number of phenols is 1. The van der Waals surface area contributed by atoms with Gasteiger partial charge in [-0.25, -0.2) is 0 Å². The van der Waals surface area contributed by atoms with Crippen molar-refractivity contribution in [2.75, 3.05) is 13.1 Å². The average molecular weight is 649 g/mol. The smallest absolute Gasteiger partial charge is 0.249 e. The minimum Gasteiger partial charge on any atom is -0.508 e. The van der Waals surface area contributed by atoms with E-state index < -0.39 is 23.8 Å². The summed E-state index contributed by atoms with van der Waals surface area (Å²) in [5.74, 6) is -1.72. The van der Waals surface area contributed by atoms with Crippen molar-refractivity contribution in [3.05, 3.63) is 75.9 Å². The maximum atomic E-state index is 14.2. The van der Waals surface area contributed by atoms with Crippen molar-refractivity contribution in [1.82, 2.24) is 15.5 Å². The van der Waals surface area contributed by atoms with Gasteiger partial charge in [-0.2, -0.15) is 4.98 Å². The number of phenolic OH excluding ortho intramolecular Hbond substituents is 1. The molecule has 2 amide bonds. The standard InChI is InChI=1S/C35H52N8O4/c1-21-17-25(44)18-22(2)27(21)20-28(26(31(37)45)9-8-16-40-34(38)39)32(46)41-29(10-6-7-15-36)33-42-30(43-47-33)19-23-11-13-24(14-12-23)35(3,4)5/h11-14,17-18,26,28-29,44H,6-10,15-16,19-20,36H2,1-5H3,(H2,37,45)(H,41,46)(H4,38,39,40)/t26?,28-,29-/m0/s1. The summed E-state index contributed by atoms with van der Waals surface area (Å²) in [6.45, 7) is 11.0. The molecule has 0 aliphatic carbocycles. The Bertz CT molecular complexity index is 1480. The second kappa shape index (κ2) is 16.9. The number of nitrogens with two attached hydrogens (primary N) is 4. The van der Waals surface area contributed by atoms with Crippen LogP contribution in [-0.2, 0) is 27.8 Å². The molecule has 47 heavy (non-hydrogen) atoms. The molecule has 256 valence electrons. The number of hydrogen-bond acceptors (Lipinski definition) is 8. The molecule has 0 aliphatic heterocycles. The number of nitrogens with zero attached hydrogens (tertiary/aromatic N) is 3. The molecule has 0 saturated carbocycles. The van der Waals surface area contributed by atoms with Crippen molar-refractivity contribution in [1.29, 1.82) is 0 Å².